The number of nitrogens with zero attached hydrogens (tertiary/aromatic N) is 3. The zero-order valence-corrected chi connectivity index (χ0v) is 34.3. The van der Waals surface area contributed by atoms with Crippen LogP contribution in [0.4, 0.5) is 14.4 Å². The lowest BCUT2D eigenvalue weighted by Gasteiger charge is -2.41. The van der Waals surface area contributed by atoms with Crippen molar-refractivity contribution in [1.29, 1.82) is 0 Å². The number of amides is 3. The zero-order valence-electron chi connectivity index (χ0n) is 34.3. The summed E-state index contributed by atoms with van der Waals surface area (Å²) in [4.78, 5) is 75.9. The van der Waals surface area contributed by atoms with Gasteiger partial charge in [0.25, 0.3) is 0 Å². The molecule has 52 heavy (non-hydrogen) atoms. The largest absolute Gasteiger partial charge is 0.444 e. The Labute approximate surface area is 313 Å². The van der Waals surface area contributed by atoms with E-state index in [1.807, 2.05) is 90.0 Å². The fraction of sp³-hybridized carbons (Fsp3) is 0.775. The molecule has 3 rings (SSSR count). The molecule has 0 aliphatic carbocycles. The van der Waals surface area contributed by atoms with Crippen LogP contribution in [0.15, 0.2) is 12.3 Å². The van der Waals surface area contributed by atoms with Crippen molar-refractivity contribution in [2.45, 2.75) is 201 Å². The van der Waals surface area contributed by atoms with Gasteiger partial charge in [0.05, 0.1) is 13.0 Å². The van der Waals surface area contributed by atoms with Gasteiger partial charge in [0.15, 0.2) is 5.78 Å². The first-order chi connectivity index (χ1) is 23.9. The van der Waals surface area contributed by atoms with Crippen molar-refractivity contribution in [3.05, 3.63) is 19.2 Å². The second kappa shape index (κ2) is 20.0. The number of piperidine rings is 2. The van der Waals surface area contributed by atoms with Crippen LogP contribution in [0.25, 0.3) is 0 Å². The van der Waals surface area contributed by atoms with Gasteiger partial charge in [-0.05, 0) is 94.1 Å². The first-order valence-electron chi connectivity index (χ1n) is 19.0. The average Bonchev–Trinajstić information content (AvgIpc) is 3.01. The molecule has 3 aliphatic heterocycles. The molecule has 2 fully saturated rings. The smallest absolute Gasteiger partial charge is 0.414 e. The molecular formula is C40H68N3O9+. The summed E-state index contributed by atoms with van der Waals surface area (Å²) in [6, 6.07) is -0.261. The van der Waals surface area contributed by atoms with Gasteiger partial charge in [-0.15, -0.1) is 0 Å². The van der Waals surface area contributed by atoms with Gasteiger partial charge in [0, 0.05) is 62.5 Å². The summed E-state index contributed by atoms with van der Waals surface area (Å²) in [7, 11) is 0. The van der Waals surface area contributed by atoms with Crippen molar-refractivity contribution in [2.75, 3.05) is 0 Å². The van der Waals surface area contributed by atoms with Crippen LogP contribution in [-0.4, -0.2) is 97.3 Å². The summed E-state index contributed by atoms with van der Waals surface area (Å²) in [5.74, 6) is 0.537. The lowest BCUT2D eigenvalue weighted by molar-refractivity contribution is -0.126. The highest BCUT2D eigenvalue weighted by molar-refractivity contribution is 5.92. The molecule has 12 nitrogen and oxygen atoms in total. The number of allylic oxidation sites excluding steroid dienone is 1. The minimum atomic E-state index is -0.511. The monoisotopic (exact) mass is 734 g/mol. The molecule has 0 saturated carbocycles. The topological polar surface area (TPSA) is 140 Å². The Kier molecular flexibility index (Phi) is 17.9. The average molecular weight is 735 g/mol. The van der Waals surface area contributed by atoms with E-state index < -0.39 is 16.8 Å². The van der Waals surface area contributed by atoms with E-state index in [2.05, 4.69) is 6.92 Å². The molecule has 0 spiro atoms. The SMILES string of the molecule is CCC1CC(=O)C=CN1C(=O)OC(C)(C)C.CC[C@H]1CC(=O)C[C@H](CC)N1C(=O)OC(C)(C)C.[CH2+]C[C@@H]1CC(=O)C[C@H](CC)N1C(=O)OC(C)(C)C. The van der Waals surface area contributed by atoms with E-state index in [9.17, 15) is 28.8 Å². The molecule has 0 bridgehead atoms. The third-order valence-corrected chi connectivity index (χ3v) is 8.71. The molecule has 0 radical (unpaired) electrons. The third-order valence-electron chi connectivity index (χ3n) is 8.71. The lowest BCUT2D eigenvalue weighted by Crippen LogP contribution is -2.53. The van der Waals surface area contributed by atoms with Crippen molar-refractivity contribution in [3.63, 3.8) is 0 Å². The van der Waals surface area contributed by atoms with E-state index in [1.54, 1.807) is 9.80 Å². The fourth-order valence-corrected chi connectivity index (χ4v) is 6.25. The molecule has 0 aromatic rings. The normalized spacial score (nSPS) is 23.9. The summed E-state index contributed by atoms with van der Waals surface area (Å²) in [6.45, 7) is 28.4. The predicted molar refractivity (Wildman–Crippen MR) is 202 cm³/mol. The van der Waals surface area contributed by atoms with Gasteiger partial charge in [0.2, 0.25) is 0 Å². The Balaban J connectivity index is 0.000000391. The van der Waals surface area contributed by atoms with E-state index in [0.717, 1.165) is 25.7 Å². The van der Waals surface area contributed by atoms with E-state index in [4.69, 9.17) is 14.2 Å². The summed E-state index contributed by atoms with van der Waals surface area (Å²) >= 11 is 0. The molecule has 2 saturated heterocycles. The maximum absolute atomic E-state index is 12.3. The fourth-order valence-electron chi connectivity index (χ4n) is 6.25. The molecule has 296 valence electrons. The van der Waals surface area contributed by atoms with Gasteiger partial charge < -0.3 is 19.1 Å². The summed E-state index contributed by atoms with van der Waals surface area (Å²) in [6.07, 6.45) is 7.74. The summed E-state index contributed by atoms with van der Waals surface area (Å²) in [5.41, 5.74) is -1.51. The minimum absolute atomic E-state index is 0.00829. The van der Waals surface area contributed by atoms with E-state index in [-0.39, 0.29) is 65.8 Å². The number of hydrogen-bond donors (Lipinski definition) is 0. The molecule has 0 aromatic carbocycles. The molecule has 3 aliphatic rings. The van der Waals surface area contributed by atoms with Crippen LogP contribution >= 0.6 is 0 Å². The van der Waals surface area contributed by atoms with Crippen LogP contribution in [0.3, 0.4) is 0 Å². The van der Waals surface area contributed by atoms with Crippen LogP contribution in [-0.2, 0) is 28.6 Å². The Bertz CT molecular complexity index is 1160. The van der Waals surface area contributed by atoms with Gasteiger partial charge in [-0.1, -0.05) is 27.7 Å². The number of carbonyl (C=O) groups excluding carboxylic acids is 6. The standard InChI is InChI=1S/C14H25NO3.C14H24NO3.C12H19NO3/c2*1-6-10-8-12(16)9-11(7-2)15(10)13(17)18-14(3,4)5;1-5-9-8-10(14)6-7-13(9)11(15)16-12(2,3)4/h10-11H,6-9H2,1-5H3;10-11H,1,6-9H2,2-5H3;6-7,9H,5,8H2,1-4H3/q;+1;/t10-,11-;10-,11+;/m01./s1. The van der Waals surface area contributed by atoms with E-state index in [0.29, 0.717) is 38.5 Å². The summed E-state index contributed by atoms with van der Waals surface area (Å²) in [5, 5.41) is 0. The molecular weight excluding hydrogens is 666 g/mol. The van der Waals surface area contributed by atoms with Crippen molar-refractivity contribution in [1.82, 2.24) is 14.7 Å². The third kappa shape index (κ3) is 15.6. The first kappa shape index (κ1) is 46.5. The first-order valence-corrected chi connectivity index (χ1v) is 19.0. The second-order valence-electron chi connectivity index (χ2n) is 16.7. The van der Waals surface area contributed by atoms with Crippen LogP contribution in [0.5, 0.6) is 0 Å². The zero-order chi connectivity index (χ0) is 40.2. The Morgan fingerprint density at radius 2 is 0.904 bits per heavy atom. The van der Waals surface area contributed by atoms with Crippen LogP contribution < -0.4 is 0 Å². The minimum Gasteiger partial charge on any atom is -0.444 e. The quantitative estimate of drug-likeness (QED) is 0.201. The molecule has 0 N–H and O–H groups in total. The molecule has 3 heterocycles. The number of hydrogen-bond acceptors (Lipinski definition) is 9. The van der Waals surface area contributed by atoms with Gasteiger partial charge in [-0.2, -0.15) is 0 Å². The van der Waals surface area contributed by atoms with Crippen molar-refractivity contribution >= 4 is 35.6 Å². The van der Waals surface area contributed by atoms with E-state index in [1.165, 1.54) is 17.2 Å². The van der Waals surface area contributed by atoms with Crippen molar-refractivity contribution in [2.24, 2.45) is 0 Å². The number of likely N-dealkylation sites (tertiary alicyclic amines) is 2. The number of ketones is 3. The molecule has 1 unspecified atom stereocenters. The Morgan fingerprint density at radius 3 is 1.23 bits per heavy atom. The second-order valence-corrected chi connectivity index (χ2v) is 16.7. The van der Waals surface area contributed by atoms with Gasteiger partial charge in [-0.25, -0.2) is 14.4 Å². The van der Waals surface area contributed by atoms with Gasteiger partial charge in [-0.3, -0.25) is 24.2 Å². The molecule has 0 aromatic heterocycles. The lowest BCUT2D eigenvalue weighted by atomic mass is 9.92. The maximum atomic E-state index is 12.3. The molecule has 5 atom stereocenters. The number of Topliss-reactive ketones (excluding diaryl/α,β-unsaturated/α-hetero) is 2. The van der Waals surface area contributed by atoms with Gasteiger partial charge >= 0.3 is 18.3 Å². The van der Waals surface area contributed by atoms with Crippen LogP contribution in [0.2, 0.25) is 0 Å². The van der Waals surface area contributed by atoms with Crippen LogP contribution in [0.1, 0.15) is 154 Å². The number of carbonyl (C=O) groups is 6. The molecule has 3 amide bonds. The highest BCUT2D eigenvalue weighted by atomic mass is 16.6. The Morgan fingerprint density at radius 1 is 0.577 bits per heavy atom. The molecule has 12 heteroatoms. The van der Waals surface area contributed by atoms with E-state index >= 15 is 0 Å². The van der Waals surface area contributed by atoms with Gasteiger partial charge in [0.1, 0.15) is 34.8 Å². The highest BCUT2D eigenvalue weighted by Crippen LogP contribution is 2.28. The van der Waals surface area contributed by atoms with Crippen molar-refractivity contribution in [3.8, 4) is 0 Å². The predicted octanol–water partition coefficient (Wildman–Crippen LogP) is 8.59. The Hall–Kier alpha value is -3.57. The maximum Gasteiger partial charge on any atom is 0.414 e. The number of ether oxygens (including phenoxy) is 3. The highest BCUT2D eigenvalue weighted by Gasteiger charge is 2.40. The summed E-state index contributed by atoms with van der Waals surface area (Å²) < 4.78 is 16.1. The van der Waals surface area contributed by atoms with Crippen molar-refractivity contribution < 1.29 is 43.0 Å². The van der Waals surface area contributed by atoms with Crippen LogP contribution in [0, 0.1) is 6.92 Å². The number of rotatable bonds is 5.